The van der Waals surface area contributed by atoms with Gasteiger partial charge in [-0.15, -0.1) is 0 Å². The van der Waals surface area contributed by atoms with Crippen LogP contribution in [-0.2, 0) is 6.54 Å². The molecule has 0 radical (unpaired) electrons. The molecule has 0 spiro atoms. The van der Waals surface area contributed by atoms with Crippen LogP contribution in [0, 0.1) is 26.7 Å². The van der Waals surface area contributed by atoms with E-state index in [9.17, 15) is 9.59 Å². The van der Waals surface area contributed by atoms with Crippen LogP contribution in [0.5, 0.6) is 0 Å². The van der Waals surface area contributed by atoms with E-state index in [2.05, 4.69) is 55.9 Å². The number of benzene rings is 1. The summed E-state index contributed by atoms with van der Waals surface area (Å²) in [5, 5.41) is 3.02. The zero-order valence-electron chi connectivity index (χ0n) is 22.2. The summed E-state index contributed by atoms with van der Waals surface area (Å²) in [6.07, 6.45) is 6.29. The van der Waals surface area contributed by atoms with Gasteiger partial charge in [-0.2, -0.15) is 0 Å². The second kappa shape index (κ2) is 11.2. The van der Waals surface area contributed by atoms with E-state index >= 15 is 0 Å². The summed E-state index contributed by atoms with van der Waals surface area (Å²) in [6.45, 7) is 15.9. The van der Waals surface area contributed by atoms with Gasteiger partial charge in [-0.05, 0) is 100 Å². The Hall–Kier alpha value is -2.56. The number of aromatic nitrogens is 1. The first-order valence-corrected chi connectivity index (χ1v) is 13.0. The fourth-order valence-corrected chi connectivity index (χ4v) is 5.44. The monoisotopic (exact) mass is 465 g/mol. The number of hydrogen-bond donors (Lipinski definition) is 2. The first kappa shape index (κ1) is 26.1. The van der Waals surface area contributed by atoms with Gasteiger partial charge in [0.05, 0.1) is 0 Å². The van der Waals surface area contributed by atoms with Crippen molar-refractivity contribution in [2.75, 3.05) is 11.4 Å². The van der Waals surface area contributed by atoms with Crippen LogP contribution in [0.15, 0.2) is 23.0 Å². The molecule has 1 amide bonds. The highest BCUT2D eigenvalue weighted by atomic mass is 16.1. The third kappa shape index (κ3) is 5.73. The first-order chi connectivity index (χ1) is 16.2. The van der Waals surface area contributed by atoms with E-state index in [0.29, 0.717) is 23.1 Å². The van der Waals surface area contributed by atoms with E-state index in [1.54, 1.807) is 0 Å². The van der Waals surface area contributed by atoms with Gasteiger partial charge < -0.3 is 15.2 Å². The number of hydrogen-bond acceptors (Lipinski definition) is 3. The van der Waals surface area contributed by atoms with Crippen LogP contribution >= 0.6 is 0 Å². The highest BCUT2D eigenvalue weighted by Crippen LogP contribution is 2.35. The number of carbonyl (C=O) groups excluding carboxylic acids is 1. The fourth-order valence-electron chi connectivity index (χ4n) is 5.44. The van der Waals surface area contributed by atoms with E-state index in [0.717, 1.165) is 29.3 Å². The molecule has 1 aromatic carbocycles. The normalized spacial score (nSPS) is 18.2. The Bertz CT molecular complexity index is 1060. The van der Waals surface area contributed by atoms with Crippen LogP contribution in [0.4, 0.5) is 5.69 Å². The average Bonchev–Trinajstić information content (AvgIpc) is 2.80. The summed E-state index contributed by atoms with van der Waals surface area (Å²) in [6, 6.07) is 6.80. The molecule has 186 valence electrons. The van der Waals surface area contributed by atoms with Crippen LogP contribution in [0.25, 0.3) is 0 Å². The number of rotatable bonds is 8. The minimum atomic E-state index is -0.133. The molecule has 1 aliphatic carbocycles. The summed E-state index contributed by atoms with van der Waals surface area (Å²) in [4.78, 5) is 31.2. The summed E-state index contributed by atoms with van der Waals surface area (Å²) in [7, 11) is 0. The lowest BCUT2D eigenvalue weighted by atomic mass is 9.83. The van der Waals surface area contributed by atoms with Gasteiger partial charge in [0.15, 0.2) is 0 Å². The van der Waals surface area contributed by atoms with Gasteiger partial charge in [-0.25, -0.2) is 0 Å². The molecule has 0 saturated heterocycles. The van der Waals surface area contributed by atoms with Gasteiger partial charge in [0.1, 0.15) is 0 Å². The van der Waals surface area contributed by atoms with Crippen LogP contribution in [0.1, 0.15) is 104 Å². The molecule has 0 unspecified atom stereocenters. The topological polar surface area (TPSA) is 65.2 Å². The molecule has 0 aliphatic heterocycles. The van der Waals surface area contributed by atoms with Gasteiger partial charge in [0.25, 0.3) is 11.5 Å². The van der Waals surface area contributed by atoms with Crippen molar-refractivity contribution >= 4 is 11.6 Å². The molecule has 1 saturated carbocycles. The van der Waals surface area contributed by atoms with Crippen LogP contribution in [-0.4, -0.2) is 23.5 Å². The molecular formula is C29H43N3O2. The number of anilines is 1. The van der Waals surface area contributed by atoms with Gasteiger partial charge >= 0.3 is 0 Å². The van der Waals surface area contributed by atoms with Crippen LogP contribution < -0.4 is 15.8 Å². The lowest BCUT2D eigenvalue weighted by Gasteiger charge is -2.39. The van der Waals surface area contributed by atoms with Gasteiger partial charge in [-0.1, -0.05) is 27.2 Å². The van der Waals surface area contributed by atoms with Crippen LogP contribution in [0.3, 0.4) is 0 Å². The number of nitrogens with one attached hydrogen (secondary N) is 2. The maximum atomic E-state index is 13.4. The number of carbonyl (C=O) groups is 1. The quantitative estimate of drug-likeness (QED) is 0.491. The lowest BCUT2D eigenvalue weighted by Crippen LogP contribution is -2.39. The molecule has 2 N–H and O–H groups in total. The Balaban J connectivity index is 1.90. The molecule has 5 heteroatoms. The smallest absolute Gasteiger partial charge is 0.253 e. The SMILES string of the molecule is CCN(c1cc(C(C)C)cc(C(=O)NCc2c(C)cc(C)[nH]c2=O)c1C)[C@H]1CC[C@H](CC)CC1. The number of pyridine rings is 1. The predicted octanol–water partition coefficient (Wildman–Crippen LogP) is 6.15. The number of aryl methyl sites for hydroxylation is 2. The minimum absolute atomic E-state index is 0.119. The van der Waals surface area contributed by atoms with Gasteiger partial charge in [0, 0.05) is 41.6 Å². The lowest BCUT2D eigenvalue weighted by molar-refractivity contribution is 0.0950. The third-order valence-electron chi connectivity index (χ3n) is 7.72. The molecule has 1 aromatic heterocycles. The second-order valence-electron chi connectivity index (χ2n) is 10.4. The third-order valence-corrected chi connectivity index (χ3v) is 7.72. The summed E-state index contributed by atoms with van der Waals surface area (Å²) < 4.78 is 0. The predicted molar refractivity (Wildman–Crippen MR) is 142 cm³/mol. The summed E-state index contributed by atoms with van der Waals surface area (Å²) in [5.74, 6) is 1.06. The Kier molecular flexibility index (Phi) is 8.62. The largest absolute Gasteiger partial charge is 0.369 e. The van der Waals surface area contributed by atoms with E-state index in [1.165, 1.54) is 43.4 Å². The first-order valence-electron chi connectivity index (χ1n) is 13.0. The average molecular weight is 466 g/mol. The van der Waals surface area contributed by atoms with Crippen molar-refractivity contribution in [3.05, 3.63) is 62.1 Å². The van der Waals surface area contributed by atoms with Crippen molar-refractivity contribution < 1.29 is 4.79 Å². The van der Waals surface area contributed by atoms with E-state index in [-0.39, 0.29) is 18.0 Å². The van der Waals surface area contributed by atoms with Gasteiger partial charge in [0.2, 0.25) is 0 Å². The molecule has 34 heavy (non-hydrogen) atoms. The number of amides is 1. The zero-order chi connectivity index (χ0) is 25.0. The van der Waals surface area contributed by atoms with Gasteiger partial charge in [-0.3, -0.25) is 9.59 Å². The van der Waals surface area contributed by atoms with Crippen molar-refractivity contribution in [2.24, 2.45) is 5.92 Å². The molecule has 1 aliphatic rings. The van der Waals surface area contributed by atoms with Crippen molar-refractivity contribution in [1.82, 2.24) is 10.3 Å². The van der Waals surface area contributed by atoms with E-state index in [1.807, 2.05) is 26.0 Å². The molecule has 1 fully saturated rings. The van der Waals surface area contributed by atoms with Crippen molar-refractivity contribution in [3.63, 3.8) is 0 Å². The van der Waals surface area contributed by atoms with Crippen LogP contribution in [0.2, 0.25) is 0 Å². The molecule has 1 heterocycles. The summed E-state index contributed by atoms with van der Waals surface area (Å²) in [5.41, 5.74) is 6.30. The van der Waals surface area contributed by atoms with Crippen molar-refractivity contribution in [3.8, 4) is 0 Å². The Morgan fingerprint density at radius 3 is 2.32 bits per heavy atom. The maximum absolute atomic E-state index is 13.4. The molecule has 0 bridgehead atoms. The number of aromatic amines is 1. The molecule has 0 atom stereocenters. The maximum Gasteiger partial charge on any atom is 0.253 e. The minimum Gasteiger partial charge on any atom is -0.369 e. The molecule has 3 rings (SSSR count). The number of nitrogens with zero attached hydrogens (tertiary/aromatic N) is 1. The molecular weight excluding hydrogens is 422 g/mol. The Labute approximate surface area is 205 Å². The van der Waals surface area contributed by atoms with Crippen molar-refractivity contribution in [2.45, 2.75) is 99.1 Å². The summed E-state index contributed by atoms with van der Waals surface area (Å²) >= 11 is 0. The number of H-pyrrole nitrogens is 1. The van der Waals surface area contributed by atoms with Crippen molar-refractivity contribution in [1.29, 1.82) is 0 Å². The Morgan fingerprint density at radius 2 is 1.76 bits per heavy atom. The zero-order valence-corrected chi connectivity index (χ0v) is 22.2. The Morgan fingerprint density at radius 1 is 1.09 bits per heavy atom. The van der Waals surface area contributed by atoms with E-state index < -0.39 is 0 Å². The highest BCUT2D eigenvalue weighted by Gasteiger charge is 2.27. The highest BCUT2D eigenvalue weighted by molar-refractivity contribution is 5.97. The second-order valence-corrected chi connectivity index (χ2v) is 10.4. The fraction of sp³-hybridized carbons (Fsp3) is 0.586. The standard InChI is InChI=1S/C29H43N3O2/c1-8-22-10-12-24(13-11-22)32(9-2)27-16-23(18(3)4)15-25(21(27)7)28(33)30-17-26-19(5)14-20(6)31-29(26)34/h14-16,18,22,24H,8-13,17H2,1-7H3,(H,30,33)(H,31,34)/t22-,24-. The van der Waals surface area contributed by atoms with E-state index in [4.69, 9.17) is 0 Å². The molecule has 2 aromatic rings. The molecule has 5 nitrogen and oxygen atoms in total.